The van der Waals surface area contributed by atoms with Crippen LogP contribution in [0.15, 0.2) is 36.4 Å². The zero-order chi connectivity index (χ0) is 22.3. The van der Waals surface area contributed by atoms with Crippen LogP contribution >= 0.6 is 0 Å². The van der Waals surface area contributed by atoms with Crippen LogP contribution in [0.2, 0.25) is 0 Å². The third-order valence-corrected chi connectivity index (χ3v) is 5.50. The Morgan fingerprint density at radius 3 is 2.42 bits per heavy atom. The summed E-state index contributed by atoms with van der Waals surface area (Å²) in [5.74, 6) is 0.123. The van der Waals surface area contributed by atoms with Crippen LogP contribution in [0.5, 0.6) is 11.5 Å². The first-order valence-electron chi connectivity index (χ1n) is 9.66. The monoisotopic (exact) mass is 418 g/mol. The summed E-state index contributed by atoms with van der Waals surface area (Å²) in [6.07, 6.45) is 1.70. The van der Waals surface area contributed by atoms with Crippen molar-refractivity contribution in [2.24, 2.45) is 0 Å². The van der Waals surface area contributed by atoms with Gasteiger partial charge in [0.15, 0.2) is 0 Å². The van der Waals surface area contributed by atoms with E-state index in [0.29, 0.717) is 39.7 Å². The van der Waals surface area contributed by atoms with Gasteiger partial charge >= 0.3 is 5.97 Å². The van der Waals surface area contributed by atoms with Crippen molar-refractivity contribution < 1.29 is 24.2 Å². The van der Waals surface area contributed by atoms with E-state index in [1.54, 1.807) is 34.1 Å². The number of aromatic nitrogens is 1. The molecule has 7 heteroatoms. The number of aryl methyl sites for hydroxylation is 1. The summed E-state index contributed by atoms with van der Waals surface area (Å²) in [4.78, 5) is 27.2. The van der Waals surface area contributed by atoms with Crippen LogP contribution < -0.4 is 14.8 Å². The largest absolute Gasteiger partial charge is 0.497 e. The molecule has 0 fully saturated rings. The van der Waals surface area contributed by atoms with Crippen LogP contribution in [-0.2, 0) is 4.79 Å². The van der Waals surface area contributed by atoms with Crippen molar-refractivity contribution in [1.29, 1.82) is 0 Å². The normalized spacial score (nSPS) is 13.8. The van der Waals surface area contributed by atoms with Crippen LogP contribution in [0.25, 0.3) is 22.8 Å². The molecule has 7 nitrogen and oxygen atoms in total. The Bertz CT molecular complexity index is 1250. The van der Waals surface area contributed by atoms with E-state index in [9.17, 15) is 14.7 Å². The molecule has 0 atom stereocenters. The van der Waals surface area contributed by atoms with Gasteiger partial charge in [-0.1, -0.05) is 12.1 Å². The number of carboxylic acid groups (broad SMARTS) is 1. The smallest absolute Gasteiger partial charge is 0.337 e. The first-order chi connectivity index (χ1) is 14.8. The Morgan fingerprint density at radius 1 is 1.03 bits per heavy atom. The molecule has 31 heavy (non-hydrogen) atoms. The first-order valence-corrected chi connectivity index (χ1v) is 9.66. The summed E-state index contributed by atoms with van der Waals surface area (Å²) < 4.78 is 10.8. The molecule has 1 amide bonds. The number of anilines is 1. The predicted molar refractivity (Wildman–Crippen MR) is 119 cm³/mol. The van der Waals surface area contributed by atoms with Gasteiger partial charge in [-0.25, -0.2) is 4.79 Å². The highest BCUT2D eigenvalue weighted by Gasteiger charge is 2.26. The number of H-pyrrole nitrogens is 1. The number of methoxy groups -OCH3 is 2. The first kappa shape index (κ1) is 20.3. The van der Waals surface area contributed by atoms with Crippen LogP contribution in [0.3, 0.4) is 0 Å². The zero-order valence-electron chi connectivity index (χ0n) is 17.6. The Kier molecular flexibility index (Phi) is 5.02. The van der Waals surface area contributed by atoms with E-state index in [1.807, 2.05) is 36.4 Å². The second-order valence-corrected chi connectivity index (χ2v) is 7.31. The molecule has 1 aromatic heterocycles. The number of carbonyl (C=O) groups excluding carboxylic acids is 1. The Morgan fingerprint density at radius 2 is 1.77 bits per heavy atom. The lowest BCUT2D eigenvalue weighted by atomic mass is 9.99. The van der Waals surface area contributed by atoms with Gasteiger partial charge < -0.3 is 24.9 Å². The molecule has 0 unspecified atom stereocenters. The van der Waals surface area contributed by atoms with E-state index in [0.717, 1.165) is 16.7 Å². The van der Waals surface area contributed by atoms with Crippen molar-refractivity contribution >= 4 is 29.2 Å². The number of carbonyl (C=O) groups is 2. The number of hydrogen-bond donors (Lipinski definition) is 3. The second kappa shape index (κ2) is 7.68. The van der Waals surface area contributed by atoms with E-state index < -0.39 is 5.97 Å². The van der Waals surface area contributed by atoms with Crippen LogP contribution in [0.4, 0.5) is 5.69 Å². The van der Waals surface area contributed by atoms with Crippen LogP contribution in [0.1, 0.15) is 32.9 Å². The Hall–Kier alpha value is -4.00. The molecular formula is C24H22N2O5. The molecule has 1 aliphatic heterocycles. The fourth-order valence-corrected chi connectivity index (χ4v) is 3.93. The van der Waals surface area contributed by atoms with E-state index in [4.69, 9.17) is 9.47 Å². The van der Waals surface area contributed by atoms with Gasteiger partial charge in [0.25, 0.3) is 5.91 Å². The minimum Gasteiger partial charge on any atom is -0.497 e. The molecule has 3 N–H and O–H groups in total. The third-order valence-electron chi connectivity index (χ3n) is 5.50. The maximum absolute atomic E-state index is 12.7. The van der Waals surface area contributed by atoms with Gasteiger partial charge in [-0.05, 0) is 49.2 Å². The molecule has 0 saturated carbocycles. The molecule has 0 aliphatic carbocycles. The molecule has 0 saturated heterocycles. The van der Waals surface area contributed by atoms with Crippen molar-refractivity contribution in [3.8, 4) is 22.6 Å². The van der Waals surface area contributed by atoms with Gasteiger partial charge in [0.2, 0.25) is 0 Å². The summed E-state index contributed by atoms with van der Waals surface area (Å²) in [6.45, 7) is 3.43. The van der Waals surface area contributed by atoms with E-state index >= 15 is 0 Å². The van der Waals surface area contributed by atoms with Gasteiger partial charge in [0, 0.05) is 34.3 Å². The minimum absolute atomic E-state index is 0.229. The van der Waals surface area contributed by atoms with Gasteiger partial charge in [0.1, 0.15) is 11.5 Å². The van der Waals surface area contributed by atoms with Gasteiger partial charge in [-0.3, -0.25) is 4.79 Å². The fraction of sp³-hybridized carbons (Fsp3) is 0.167. The lowest BCUT2D eigenvalue weighted by Crippen LogP contribution is -2.03. The van der Waals surface area contributed by atoms with Crippen molar-refractivity contribution in [3.05, 3.63) is 64.5 Å². The Balaban J connectivity index is 1.76. The van der Waals surface area contributed by atoms with Gasteiger partial charge in [0.05, 0.1) is 25.4 Å². The summed E-state index contributed by atoms with van der Waals surface area (Å²) in [5, 5.41) is 12.3. The van der Waals surface area contributed by atoms with E-state index in [1.165, 1.54) is 0 Å². The van der Waals surface area contributed by atoms with E-state index in [2.05, 4.69) is 10.3 Å². The van der Waals surface area contributed by atoms with Crippen molar-refractivity contribution in [3.63, 3.8) is 0 Å². The Labute approximate surface area is 179 Å². The third kappa shape index (κ3) is 3.44. The number of benzene rings is 2. The predicted octanol–water partition coefficient (Wildman–Crippen LogP) is 4.51. The average Bonchev–Trinajstić information content (AvgIpc) is 3.21. The van der Waals surface area contributed by atoms with Gasteiger partial charge in [-0.2, -0.15) is 0 Å². The number of rotatable bonds is 5. The highest BCUT2D eigenvalue weighted by molar-refractivity contribution is 6.35. The van der Waals surface area contributed by atoms with Crippen molar-refractivity contribution in [1.82, 2.24) is 4.98 Å². The number of fused-ring (bicyclic) bond motifs is 1. The number of aromatic carboxylic acids is 1. The molecule has 3 aromatic rings. The molecular weight excluding hydrogens is 396 g/mol. The average molecular weight is 418 g/mol. The van der Waals surface area contributed by atoms with Crippen LogP contribution in [0, 0.1) is 13.8 Å². The molecule has 0 radical (unpaired) electrons. The lowest BCUT2D eigenvalue weighted by Gasteiger charge is -2.11. The van der Waals surface area contributed by atoms with E-state index in [-0.39, 0.29) is 11.5 Å². The SMILES string of the molecule is COc1ccc(-c2ccc3c(c2)NC(=O)C3=Cc2[nH]c(C)c(C(=O)O)c2C)c(OC)c1. The maximum atomic E-state index is 12.7. The lowest BCUT2D eigenvalue weighted by molar-refractivity contribution is -0.110. The minimum atomic E-state index is -0.995. The van der Waals surface area contributed by atoms with Crippen LogP contribution in [-0.4, -0.2) is 36.2 Å². The quantitative estimate of drug-likeness (QED) is 0.530. The number of ether oxygens (including phenoxy) is 2. The summed E-state index contributed by atoms with van der Waals surface area (Å²) >= 11 is 0. The summed E-state index contributed by atoms with van der Waals surface area (Å²) in [7, 11) is 3.19. The molecule has 0 bridgehead atoms. The fourth-order valence-electron chi connectivity index (χ4n) is 3.93. The number of hydrogen-bond acceptors (Lipinski definition) is 4. The van der Waals surface area contributed by atoms with Gasteiger partial charge in [-0.15, -0.1) is 0 Å². The molecule has 2 heterocycles. The van der Waals surface area contributed by atoms with Crippen molar-refractivity contribution in [2.75, 3.05) is 19.5 Å². The number of nitrogens with one attached hydrogen (secondary N) is 2. The molecule has 158 valence electrons. The standard InChI is InChI=1S/C24H22N2O5/c1-12-19(25-13(2)22(12)24(28)29)11-18-17-7-5-14(9-20(17)26-23(18)27)16-8-6-15(30-3)10-21(16)31-4/h5-11,25H,1-4H3,(H,26,27)(H,28,29). The molecule has 0 spiro atoms. The molecule has 1 aliphatic rings. The summed E-state index contributed by atoms with van der Waals surface area (Å²) in [5.41, 5.74) is 5.66. The second-order valence-electron chi connectivity index (χ2n) is 7.31. The highest BCUT2D eigenvalue weighted by Crippen LogP contribution is 2.39. The molecule has 4 rings (SSSR count). The molecule has 2 aromatic carbocycles. The number of carboxylic acids is 1. The van der Waals surface area contributed by atoms with Crippen molar-refractivity contribution in [2.45, 2.75) is 13.8 Å². The maximum Gasteiger partial charge on any atom is 0.337 e. The topological polar surface area (TPSA) is 101 Å². The number of aromatic amines is 1. The highest BCUT2D eigenvalue weighted by atomic mass is 16.5. The zero-order valence-corrected chi connectivity index (χ0v) is 17.6. The summed E-state index contributed by atoms with van der Waals surface area (Å²) in [6, 6.07) is 11.3. The number of amides is 1.